The maximum Gasteiger partial charge on any atom is 0.356 e. The maximum atomic E-state index is 11.1. The number of pyridine rings is 1. The van der Waals surface area contributed by atoms with Crippen LogP contribution in [0.25, 0.3) is 0 Å². The number of hydrogen-bond acceptors (Lipinski definition) is 3. The number of nitrogens with zero attached hydrogens (tertiary/aromatic N) is 1. The summed E-state index contributed by atoms with van der Waals surface area (Å²) in [6, 6.07) is -0.972. The van der Waals surface area contributed by atoms with E-state index >= 15 is 0 Å². The van der Waals surface area contributed by atoms with Gasteiger partial charge in [0, 0.05) is 0 Å². The molecule has 0 radical (unpaired) electrons. The fourth-order valence-electron chi connectivity index (χ4n) is 0.489. The smallest absolute Gasteiger partial charge is 0.356 e. The van der Waals surface area contributed by atoms with Crippen LogP contribution >= 0.6 is 15.9 Å². The van der Waals surface area contributed by atoms with Crippen molar-refractivity contribution in [2.75, 3.05) is 7.11 Å². The molecule has 1 aromatic heterocycles. The quantitative estimate of drug-likeness (QED) is 0.532. The van der Waals surface area contributed by atoms with Crippen LogP contribution in [-0.2, 0) is 4.74 Å². The summed E-state index contributed by atoms with van der Waals surface area (Å²) < 4.78 is 26.5. The molecule has 4 heteroatoms. The van der Waals surface area contributed by atoms with E-state index in [1.807, 2.05) is 0 Å². The van der Waals surface area contributed by atoms with Gasteiger partial charge in [-0.15, -0.1) is 0 Å². The molecular weight excluding hydrogens is 210 g/mol. The van der Waals surface area contributed by atoms with Crippen molar-refractivity contribution < 1.29 is 13.6 Å². The Morgan fingerprint density at radius 2 is 2.55 bits per heavy atom. The van der Waals surface area contributed by atoms with E-state index in [0.29, 0.717) is 0 Å². The van der Waals surface area contributed by atoms with E-state index in [4.69, 9.17) is 4.11 Å². The number of rotatable bonds is 1. The van der Waals surface area contributed by atoms with Crippen molar-refractivity contribution in [1.29, 1.82) is 0 Å². The number of halogens is 1. The Labute approximate surface area is 76.7 Å². The van der Waals surface area contributed by atoms with Crippen LogP contribution in [0, 0.1) is 0 Å². The molecule has 3 nitrogen and oxygen atoms in total. The van der Waals surface area contributed by atoms with E-state index in [1.54, 1.807) is 0 Å². The summed E-state index contributed by atoms with van der Waals surface area (Å²) in [6.07, 6.45) is 0. The molecule has 1 aromatic rings. The second kappa shape index (κ2) is 3.48. The molecule has 0 aliphatic rings. The van der Waals surface area contributed by atoms with Gasteiger partial charge in [0.15, 0.2) is 0 Å². The van der Waals surface area contributed by atoms with Gasteiger partial charge in [-0.05, 0) is 28.0 Å². The summed E-state index contributed by atoms with van der Waals surface area (Å²) in [4.78, 5) is 14.7. The van der Waals surface area contributed by atoms with Gasteiger partial charge in [0.1, 0.15) is 10.3 Å². The molecule has 58 valence electrons. The molecule has 0 unspecified atom stereocenters. The molecule has 0 spiro atoms. The van der Waals surface area contributed by atoms with Gasteiger partial charge in [0.05, 0.1) is 11.2 Å². The average molecular weight is 219 g/mol. The van der Waals surface area contributed by atoms with Gasteiger partial charge < -0.3 is 4.74 Å². The third kappa shape index (κ3) is 2.01. The van der Waals surface area contributed by atoms with Gasteiger partial charge in [-0.1, -0.05) is 6.04 Å². The number of methoxy groups -OCH3 is 1. The van der Waals surface area contributed by atoms with Crippen LogP contribution in [0.5, 0.6) is 0 Å². The van der Waals surface area contributed by atoms with Crippen molar-refractivity contribution in [2.45, 2.75) is 0 Å². The summed E-state index contributed by atoms with van der Waals surface area (Å²) in [5.74, 6) is -0.788. The van der Waals surface area contributed by atoms with Crippen molar-refractivity contribution in [3.8, 4) is 0 Å². The molecule has 1 heterocycles. The first-order valence-electron chi connectivity index (χ1n) is 4.20. The summed E-state index contributed by atoms with van der Waals surface area (Å²) in [7, 11) is 1.16. The highest BCUT2D eigenvalue weighted by atomic mass is 79.9. The van der Waals surface area contributed by atoms with Gasteiger partial charge in [0.25, 0.3) is 0 Å². The minimum absolute atomic E-state index is 0.0545. The highest BCUT2D eigenvalue weighted by Crippen LogP contribution is 2.06. The first-order chi connectivity index (χ1) is 6.49. The standard InChI is InChI=1S/C7H6BrNO2/c1-11-7(10)5-3-2-4-6(8)9-5/h2-4H,1H3/i2D,3D,4D. The van der Waals surface area contributed by atoms with E-state index < -0.39 is 12.0 Å². The normalized spacial score (nSPS) is 13.1. The van der Waals surface area contributed by atoms with Crippen molar-refractivity contribution in [1.82, 2.24) is 4.98 Å². The topological polar surface area (TPSA) is 39.2 Å². The Hall–Kier alpha value is -0.900. The molecule has 1 rings (SSSR count). The van der Waals surface area contributed by atoms with Gasteiger partial charge >= 0.3 is 5.97 Å². The van der Waals surface area contributed by atoms with Gasteiger partial charge in [-0.3, -0.25) is 0 Å². The maximum absolute atomic E-state index is 11.1. The number of ether oxygens (including phenoxy) is 1. The number of carbonyl (C=O) groups is 1. The van der Waals surface area contributed by atoms with E-state index in [-0.39, 0.29) is 22.4 Å². The molecule has 0 saturated heterocycles. The van der Waals surface area contributed by atoms with Gasteiger partial charge in [0.2, 0.25) is 0 Å². The second-order valence-electron chi connectivity index (χ2n) is 1.62. The largest absolute Gasteiger partial charge is 0.464 e. The first kappa shape index (κ1) is 4.87. The van der Waals surface area contributed by atoms with Gasteiger partial charge in [-0.2, -0.15) is 0 Å². The van der Waals surface area contributed by atoms with E-state index in [0.717, 1.165) is 7.11 Å². The van der Waals surface area contributed by atoms with Crippen molar-refractivity contribution in [3.63, 3.8) is 0 Å². The molecule has 0 atom stereocenters. The summed E-state index contributed by atoms with van der Waals surface area (Å²) in [6.45, 7) is 0. The monoisotopic (exact) mass is 218 g/mol. The molecule has 0 bridgehead atoms. The van der Waals surface area contributed by atoms with E-state index in [2.05, 4.69) is 25.7 Å². The predicted molar refractivity (Wildman–Crippen MR) is 43.3 cm³/mol. The number of esters is 1. The van der Waals surface area contributed by atoms with Crippen LogP contribution in [0.4, 0.5) is 0 Å². The van der Waals surface area contributed by atoms with Crippen LogP contribution in [0.2, 0.25) is 0 Å². The summed E-state index contributed by atoms with van der Waals surface area (Å²) in [5, 5.41) is 0. The third-order valence-electron chi connectivity index (χ3n) is 0.935. The third-order valence-corrected chi connectivity index (χ3v) is 1.31. The lowest BCUT2D eigenvalue weighted by Crippen LogP contribution is -2.03. The molecule has 0 amide bonds. The Balaban J connectivity index is 3.40. The van der Waals surface area contributed by atoms with Crippen molar-refractivity contribution in [2.24, 2.45) is 0 Å². The molecule has 0 N–H and O–H groups in total. The van der Waals surface area contributed by atoms with Crippen LogP contribution in [0.1, 0.15) is 14.6 Å². The van der Waals surface area contributed by atoms with Crippen molar-refractivity contribution >= 4 is 21.9 Å². The Morgan fingerprint density at radius 1 is 1.82 bits per heavy atom. The van der Waals surface area contributed by atoms with Crippen molar-refractivity contribution in [3.05, 3.63) is 28.4 Å². The van der Waals surface area contributed by atoms with Crippen LogP contribution in [-0.4, -0.2) is 18.1 Å². The summed E-state index contributed by atoms with van der Waals surface area (Å²) in [5.41, 5.74) is -0.264. The molecule has 0 aromatic carbocycles. The Morgan fingerprint density at radius 3 is 3.18 bits per heavy atom. The highest BCUT2D eigenvalue weighted by Gasteiger charge is 2.05. The molecule has 0 aliphatic heterocycles. The fourth-order valence-corrected chi connectivity index (χ4v) is 0.766. The highest BCUT2D eigenvalue weighted by molar-refractivity contribution is 9.10. The Kier molecular flexibility index (Phi) is 1.54. The molecule has 11 heavy (non-hydrogen) atoms. The van der Waals surface area contributed by atoms with Gasteiger partial charge in [-0.25, -0.2) is 9.78 Å². The van der Waals surface area contributed by atoms with E-state index in [1.165, 1.54) is 0 Å². The number of carbonyl (C=O) groups excluding carboxylic acids is 1. The predicted octanol–water partition coefficient (Wildman–Crippen LogP) is 1.63. The minimum Gasteiger partial charge on any atom is -0.464 e. The molecular formula is C7H6BrNO2. The second-order valence-corrected chi connectivity index (χ2v) is 2.37. The van der Waals surface area contributed by atoms with Crippen LogP contribution in [0.3, 0.4) is 0 Å². The lowest BCUT2D eigenvalue weighted by Gasteiger charge is -1.96. The zero-order valence-electron chi connectivity index (χ0n) is 8.64. The first-order valence-corrected chi connectivity index (χ1v) is 3.50. The van der Waals surface area contributed by atoms with Crippen LogP contribution in [0.15, 0.2) is 22.7 Å². The fraction of sp³-hybridized carbons (Fsp3) is 0.143. The zero-order chi connectivity index (χ0) is 10.9. The minimum atomic E-state index is -0.788. The lowest BCUT2D eigenvalue weighted by atomic mass is 10.4. The van der Waals surface area contributed by atoms with E-state index in [9.17, 15) is 4.79 Å². The lowest BCUT2D eigenvalue weighted by molar-refractivity contribution is 0.0594. The summed E-state index contributed by atoms with van der Waals surface area (Å²) >= 11 is 2.92. The SMILES string of the molecule is [2H]c1c(Br)nc(C(=O)OC)c([2H])c1[2H]. The Bertz CT molecular complexity index is 397. The van der Waals surface area contributed by atoms with Crippen LogP contribution < -0.4 is 0 Å². The molecule has 0 fully saturated rings. The average Bonchev–Trinajstić information content (AvgIpc) is 2.19. The number of hydrogen-bond donors (Lipinski definition) is 0. The zero-order valence-corrected chi connectivity index (χ0v) is 7.23. The number of aromatic nitrogens is 1. The molecule has 0 saturated carbocycles. The molecule has 0 aliphatic carbocycles.